The van der Waals surface area contributed by atoms with E-state index < -0.39 is 0 Å². The topological polar surface area (TPSA) is 17.1 Å². The summed E-state index contributed by atoms with van der Waals surface area (Å²) in [6.07, 6.45) is 12.1. The molecule has 0 aliphatic rings. The van der Waals surface area contributed by atoms with E-state index in [1.54, 1.807) is 13.0 Å². The van der Waals surface area contributed by atoms with Crippen LogP contribution in [0.15, 0.2) is 48.5 Å². The molecule has 0 N–H and O–H groups in total. The van der Waals surface area contributed by atoms with Gasteiger partial charge in [0, 0.05) is 6.42 Å². The average Bonchev–Trinajstić information content (AvgIpc) is 3.00. The highest BCUT2D eigenvalue weighted by Gasteiger charge is 2.21. The lowest BCUT2D eigenvalue weighted by atomic mass is 9.79. The fraction of sp³-hybridized carbons (Fsp3) is 0.675. The summed E-state index contributed by atoms with van der Waals surface area (Å²) < 4.78 is 13.9. The number of carbonyl (C=O) groups excluding carboxylic acids is 1. The van der Waals surface area contributed by atoms with Crippen LogP contribution >= 0.6 is 0 Å². The van der Waals surface area contributed by atoms with Crippen LogP contribution in [-0.2, 0) is 4.79 Å². The Hall–Kier alpha value is -1.96. The van der Waals surface area contributed by atoms with Gasteiger partial charge in [-0.25, -0.2) is 4.39 Å². The Kier molecular flexibility index (Phi) is 32.3. The minimum atomic E-state index is -0.0522. The summed E-state index contributed by atoms with van der Waals surface area (Å²) in [5.41, 5.74) is 3.08. The molecule has 4 unspecified atom stereocenters. The van der Waals surface area contributed by atoms with Gasteiger partial charge in [0.05, 0.1) is 0 Å². The maximum atomic E-state index is 13.9. The molecule has 0 saturated heterocycles. The van der Waals surface area contributed by atoms with E-state index in [4.69, 9.17) is 0 Å². The molecule has 1 nitrogen and oxygen atoms in total. The summed E-state index contributed by atoms with van der Waals surface area (Å²) >= 11 is 0. The lowest BCUT2D eigenvalue weighted by Crippen LogP contribution is -2.13. The molecule has 0 fully saturated rings. The van der Waals surface area contributed by atoms with Gasteiger partial charge in [-0.3, -0.25) is 0 Å². The van der Waals surface area contributed by atoms with Crippen LogP contribution in [0, 0.1) is 37.4 Å². The lowest BCUT2D eigenvalue weighted by Gasteiger charge is -2.26. The molecule has 244 valence electrons. The summed E-state index contributed by atoms with van der Waals surface area (Å²) in [6, 6.07) is 15.8. The number of halogens is 1. The van der Waals surface area contributed by atoms with Gasteiger partial charge >= 0.3 is 0 Å². The number of Topliss-reactive ketones (excluding diaryl/α,β-unsaturated/α-hetero) is 1. The first-order chi connectivity index (χ1) is 20.0. The number of hydrogen-bond donors (Lipinski definition) is 0. The molecule has 2 rings (SSSR count). The van der Waals surface area contributed by atoms with Crippen molar-refractivity contribution in [3.63, 3.8) is 0 Å². The third-order valence-corrected chi connectivity index (χ3v) is 7.83. The van der Waals surface area contributed by atoms with Crippen LogP contribution in [0.3, 0.4) is 0 Å². The Morgan fingerprint density at radius 3 is 1.60 bits per heavy atom. The zero-order valence-electron chi connectivity index (χ0n) is 30.3. The van der Waals surface area contributed by atoms with Crippen molar-refractivity contribution in [3.05, 3.63) is 71.0 Å². The molecular formula is C40H71FO. The molecule has 42 heavy (non-hydrogen) atoms. The Bertz CT molecular complexity index is 816. The van der Waals surface area contributed by atoms with Crippen molar-refractivity contribution in [2.75, 3.05) is 0 Å². The van der Waals surface area contributed by atoms with Crippen molar-refractivity contribution in [2.45, 2.75) is 160 Å². The molecule has 2 aromatic carbocycles. The summed E-state index contributed by atoms with van der Waals surface area (Å²) in [7, 11) is 0. The normalized spacial score (nSPS) is 12.7. The second-order valence-corrected chi connectivity index (χ2v) is 11.8. The molecule has 0 amide bonds. The Morgan fingerprint density at radius 1 is 0.714 bits per heavy atom. The van der Waals surface area contributed by atoms with E-state index in [1.165, 1.54) is 63.4 Å². The van der Waals surface area contributed by atoms with Crippen LogP contribution in [0.4, 0.5) is 4.39 Å². The minimum absolute atomic E-state index is 0.0522. The number of benzene rings is 2. The zero-order chi connectivity index (χ0) is 32.9. The molecule has 0 saturated carbocycles. The van der Waals surface area contributed by atoms with Crippen molar-refractivity contribution in [2.24, 2.45) is 17.8 Å². The molecule has 0 heterocycles. The van der Waals surface area contributed by atoms with Crippen molar-refractivity contribution >= 4 is 5.78 Å². The van der Waals surface area contributed by atoms with Gasteiger partial charge in [-0.05, 0) is 73.6 Å². The highest BCUT2D eigenvalue weighted by atomic mass is 19.1. The van der Waals surface area contributed by atoms with Gasteiger partial charge in [-0.2, -0.15) is 0 Å². The van der Waals surface area contributed by atoms with Crippen LogP contribution in [0.2, 0.25) is 0 Å². The van der Waals surface area contributed by atoms with E-state index in [9.17, 15) is 9.18 Å². The molecule has 0 spiro atoms. The van der Waals surface area contributed by atoms with Gasteiger partial charge in [-0.1, -0.05) is 163 Å². The summed E-state index contributed by atoms with van der Waals surface area (Å²) in [5, 5.41) is 0. The number of rotatable bonds is 13. The third kappa shape index (κ3) is 24.6. The van der Waals surface area contributed by atoms with E-state index in [-0.39, 0.29) is 5.82 Å². The average molecular weight is 587 g/mol. The number of unbranched alkanes of at least 4 members (excludes halogenated alkanes) is 2. The molecule has 0 radical (unpaired) electrons. The number of ketones is 1. The molecule has 0 aromatic heterocycles. The van der Waals surface area contributed by atoms with Gasteiger partial charge in [0.2, 0.25) is 0 Å². The number of carbonyl (C=O) groups is 1. The fourth-order valence-electron chi connectivity index (χ4n) is 4.61. The van der Waals surface area contributed by atoms with Crippen molar-refractivity contribution in [1.82, 2.24) is 0 Å². The third-order valence-electron chi connectivity index (χ3n) is 7.83. The number of aryl methyl sites for hydroxylation is 1. The van der Waals surface area contributed by atoms with Crippen LogP contribution in [-0.4, -0.2) is 5.78 Å². The molecule has 0 aliphatic heterocycles. The Balaban J connectivity index is -0.000000570. The maximum Gasteiger partial charge on any atom is 0.130 e. The molecule has 2 heteroatoms. The molecule has 2 aromatic rings. The van der Waals surface area contributed by atoms with Gasteiger partial charge < -0.3 is 4.79 Å². The second kappa shape index (κ2) is 30.5. The largest absolute Gasteiger partial charge is 0.300 e. The SMILES string of the molecule is CC.CCC(C)CCC(CC)C(C)c1cc(C)cc(F)c1C.CCCC.CCCCC(C)CC(C)=O.c1ccccc1. The molecule has 4 atom stereocenters. The van der Waals surface area contributed by atoms with Crippen LogP contribution < -0.4 is 0 Å². The van der Waals surface area contributed by atoms with Gasteiger partial charge in [0.15, 0.2) is 0 Å². The molecular weight excluding hydrogens is 515 g/mol. The van der Waals surface area contributed by atoms with Gasteiger partial charge in [0.25, 0.3) is 0 Å². The Morgan fingerprint density at radius 2 is 1.21 bits per heavy atom. The zero-order valence-corrected chi connectivity index (χ0v) is 30.3. The predicted octanol–water partition coefficient (Wildman–Crippen LogP) is 13.7. The van der Waals surface area contributed by atoms with Crippen molar-refractivity contribution in [1.29, 1.82) is 0 Å². The highest BCUT2D eigenvalue weighted by Crippen LogP contribution is 2.34. The summed E-state index contributed by atoms with van der Waals surface area (Å²) in [4.78, 5) is 10.6. The van der Waals surface area contributed by atoms with Gasteiger partial charge in [0.1, 0.15) is 11.6 Å². The van der Waals surface area contributed by atoms with E-state index in [0.29, 0.717) is 23.5 Å². The minimum Gasteiger partial charge on any atom is -0.300 e. The van der Waals surface area contributed by atoms with Gasteiger partial charge in [-0.15, -0.1) is 0 Å². The molecule has 0 aliphatic carbocycles. The maximum absolute atomic E-state index is 13.9. The van der Waals surface area contributed by atoms with Crippen LogP contribution in [0.1, 0.15) is 163 Å². The van der Waals surface area contributed by atoms with E-state index >= 15 is 0 Å². The first-order valence-corrected chi connectivity index (χ1v) is 17.2. The second-order valence-electron chi connectivity index (χ2n) is 11.8. The first kappa shape index (κ1) is 44.5. The predicted molar refractivity (Wildman–Crippen MR) is 189 cm³/mol. The van der Waals surface area contributed by atoms with Crippen LogP contribution in [0.25, 0.3) is 0 Å². The van der Waals surface area contributed by atoms with Crippen molar-refractivity contribution < 1.29 is 9.18 Å². The number of hydrogen-bond acceptors (Lipinski definition) is 1. The monoisotopic (exact) mass is 587 g/mol. The smallest absolute Gasteiger partial charge is 0.130 e. The standard InChI is InChI=1S/C19H31F.C9H18O.C6H6.C4H10.C2H6/c1-7-13(3)9-10-17(8-2)15(5)18-11-14(4)12-19(20)16(18)6;1-4-5-6-8(2)7-9(3)10;1-2-4-6-5-3-1;1-3-4-2;1-2/h11-13,15,17H,7-10H2,1-6H3;8H,4-7H2,1-3H3;1-6H;3-4H2,1-2H3;1-2H3. The highest BCUT2D eigenvalue weighted by molar-refractivity contribution is 5.75. The van der Waals surface area contributed by atoms with E-state index in [0.717, 1.165) is 23.5 Å². The first-order valence-electron chi connectivity index (χ1n) is 17.2. The van der Waals surface area contributed by atoms with E-state index in [2.05, 4.69) is 61.5 Å². The van der Waals surface area contributed by atoms with Crippen molar-refractivity contribution in [3.8, 4) is 0 Å². The summed E-state index contributed by atoms with van der Waals surface area (Å²) in [6.45, 7) is 27.4. The Labute approximate surface area is 263 Å². The molecule has 0 bridgehead atoms. The fourth-order valence-corrected chi connectivity index (χ4v) is 4.61. The quantitative estimate of drug-likeness (QED) is 0.228. The lowest BCUT2D eigenvalue weighted by molar-refractivity contribution is -0.117. The van der Waals surface area contributed by atoms with Crippen LogP contribution in [0.5, 0.6) is 0 Å². The van der Waals surface area contributed by atoms with E-state index in [1.807, 2.05) is 64.1 Å². The summed E-state index contributed by atoms with van der Waals surface area (Å²) in [5.74, 6) is 2.76.